The number of nitriles is 1. The second kappa shape index (κ2) is 5.45. The quantitative estimate of drug-likeness (QED) is 0.474. The predicted molar refractivity (Wildman–Crippen MR) is 93.4 cm³/mol. The average Bonchev–Trinajstić information content (AvgIpc) is 3.05. The second-order valence-corrected chi connectivity index (χ2v) is 5.97. The summed E-state index contributed by atoms with van der Waals surface area (Å²) in [7, 11) is 0. The van der Waals surface area contributed by atoms with Crippen molar-refractivity contribution in [3.63, 3.8) is 0 Å². The number of pyridine rings is 1. The smallest absolute Gasteiger partial charge is 0.153 e. The van der Waals surface area contributed by atoms with E-state index in [0.717, 1.165) is 27.4 Å². The Labute approximate surface area is 137 Å². The number of nitrogens with zero attached hydrogens (tertiary/aromatic N) is 2. The molecule has 0 N–H and O–H groups in total. The lowest BCUT2D eigenvalue weighted by Gasteiger charge is -2.01. The van der Waals surface area contributed by atoms with Crippen LogP contribution >= 0.6 is 11.8 Å². The Hall–Kier alpha value is -2.77. The van der Waals surface area contributed by atoms with Crippen LogP contribution in [0.2, 0.25) is 0 Å². The molecule has 0 spiro atoms. The van der Waals surface area contributed by atoms with E-state index in [1.807, 2.05) is 36.6 Å². The highest BCUT2D eigenvalue weighted by Crippen LogP contribution is 2.33. The van der Waals surface area contributed by atoms with Crippen LogP contribution in [-0.2, 0) is 0 Å². The number of aromatic nitrogens is 1. The van der Waals surface area contributed by atoms with Crippen molar-refractivity contribution < 1.29 is 4.42 Å². The lowest BCUT2D eigenvalue weighted by Crippen LogP contribution is -1.88. The van der Waals surface area contributed by atoms with Crippen LogP contribution in [0.1, 0.15) is 5.56 Å². The molecule has 4 aromatic rings. The third-order valence-electron chi connectivity index (χ3n) is 3.85. The van der Waals surface area contributed by atoms with Gasteiger partial charge < -0.3 is 4.42 Å². The molecule has 0 radical (unpaired) electrons. The van der Waals surface area contributed by atoms with Crippen molar-refractivity contribution in [3.8, 4) is 17.5 Å². The van der Waals surface area contributed by atoms with Crippen molar-refractivity contribution >= 4 is 33.5 Å². The first-order valence-electron chi connectivity index (χ1n) is 7.17. The first-order valence-corrected chi connectivity index (χ1v) is 8.39. The van der Waals surface area contributed by atoms with Crippen molar-refractivity contribution in [3.05, 3.63) is 60.2 Å². The number of thioether (sulfide) groups is 1. The fraction of sp³-hybridized carbons (Fsp3) is 0.0526. The Kier molecular flexibility index (Phi) is 3.29. The number of rotatable bonds is 2. The van der Waals surface area contributed by atoms with Gasteiger partial charge in [0.05, 0.1) is 5.56 Å². The fourth-order valence-electron chi connectivity index (χ4n) is 2.74. The molecule has 4 rings (SSSR count). The van der Waals surface area contributed by atoms with E-state index in [1.165, 1.54) is 22.5 Å². The van der Waals surface area contributed by atoms with Gasteiger partial charge in [0.25, 0.3) is 0 Å². The first kappa shape index (κ1) is 13.9. The molecule has 0 bridgehead atoms. The van der Waals surface area contributed by atoms with Crippen LogP contribution in [0.25, 0.3) is 33.2 Å². The monoisotopic (exact) mass is 316 g/mol. The summed E-state index contributed by atoms with van der Waals surface area (Å²) in [5.74, 6) is 0.719. The van der Waals surface area contributed by atoms with Gasteiger partial charge in [-0.2, -0.15) is 5.26 Å². The van der Waals surface area contributed by atoms with E-state index in [9.17, 15) is 0 Å². The van der Waals surface area contributed by atoms with Crippen LogP contribution in [0.15, 0.2) is 64.0 Å². The molecule has 4 heteroatoms. The predicted octanol–water partition coefficient (Wildman–Crippen LogP) is 5.24. The van der Waals surface area contributed by atoms with Crippen LogP contribution in [0, 0.1) is 11.3 Å². The Morgan fingerprint density at radius 2 is 1.91 bits per heavy atom. The van der Waals surface area contributed by atoms with Crippen molar-refractivity contribution in [2.75, 3.05) is 6.26 Å². The summed E-state index contributed by atoms with van der Waals surface area (Å²) in [5, 5.41) is 13.3. The van der Waals surface area contributed by atoms with Crippen molar-refractivity contribution in [2.45, 2.75) is 5.03 Å². The topological polar surface area (TPSA) is 49.8 Å². The van der Waals surface area contributed by atoms with Gasteiger partial charge in [-0.15, -0.1) is 11.8 Å². The lowest BCUT2D eigenvalue weighted by molar-refractivity contribution is 0.628. The zero-order chi connectivity index (χ0) is 15.8. The maximum atomic E-state index is 9.12. The Morgan fingerprint density at radius 3 is 2.74 bits per heavy atom. The standard InChI is InChI=1S/C19H12N2OS/c1-23-19-13(11-20)6-8-16(21-19)18-10-15-14-5-3-2-4-12(14)7-9-17(15)22-18/h2-10H,1H3. The van der Waals surface area contributed by atoms with Crippen molar-refractivity contribution in [1.82, 2.24) is 4.98 Å². The van der Waals surface area contributed by atoms with Crippen molar-refractivity contribution in [1.29, 1.82) is 5.26 Å². The van der Waals surface area contributed by atoms with Crippen LogP contribution in [0.4, 0.5) is 0 Å². The third-order valence-corrected chi connectivity index (χ3v) is 4.55. The highest BCUT2D eigenvalue weighted by Gasteiger charge is 2.12. The van der Waals surface area contributed by atoms with Gasteiger partial charge in [-0.3, -0.25) is 0 Å². The van der Waals surface area contributed by atoms with Crippen LogP contribution in [-0.4, -0.2) is 11.2 Å². The summed E-state index contributed by atoms with van der Waals surface area (Å²) in [5.41, 5.74) is 2.17. The zero-order valence-corrected chi connectivity index (χ0v) is 13.2. The van der Waals surface area contributed by atoms with E-state index in [1.54, 1.807) is 6.07 Å². The molecule has 0 atom stereocenters. The van der Waals surface area contributed by atoms with Gasteiger partial charge in [0.2, 0.25) is 0 Å². The number of furan rings is 1. The molecule has 110 valence electrons. The van der Waals surface area contributed by atoms with E-state index >= 15 is 0 Å². The van der Waals surface area contributed by atoms with Crippen molar-refractivity contribution in [2.24, 2.45) is 0 Å². The number of hydrogen-bond donors (Lipinski definition) is 0. The van der Waals surface area contributed by atoms with Gasteiger partial charge in [-0.25, -0.2) is 4.98 Å². The molecular weight excluding hydrogens is 304 g/mol. The van der Waals surface area contributed by atoms with E-state index in [-0.39, 0.29) is 0 Å². The molecule has 3 nitrogen and oxygen atoms in total. The summed E-state index contributed by atoms with van der Waals surface area (Å²) in [6.07, 6.45) is 1.92. The Bertz CT molecular complexity index is 1080. The maximum Gasteiger partial charge on any atom is 0.153 e. The molecule has 0 saturated heterocycles. The minimum absolute atomic E-state index is 0.586. The Morgan fingerprint density at radius 1 is 1.04 bits per heavy atom. The Balaban J connectivity index is 1.93. The normalized spacial score (nSPS) is 11.0. The van der Waals surface area contributed by atoms with Gasteiger partial charge in [0.1, 0.15) is 22.4 Å². The second-order valence-electron chi connectivity index (χ2n) is 5.17. The average molecular weight is 316 g/mol. The molecule has 0 aliphatic carbocycles. The number of benzene rings is 2. The summed E-state index contributed by atoms with van der Waals surface area (Å²) >= 11 is 1.46. The van der Waals surface area contributed by atoms with E-state index < -0.39 is 0 Å². The molecule has 2 aromatic carbocycles. The molecule has 2 heterocycles. The minimum atomic E-state index is 0.586. The summed E-state index contributed by atoms with van der Waals surface area (Å²) in [6.45, 7) is 0. The van der Waals surface area contributed by atoms with E-state index in [4.69, 9.17) is 9.68 Å². The zero-order valence-electron chi connectivity index (χ0n) is 12.4. The summed E-state index contributed by atoms with van der Waals surface area (Å²) in [6, 6.07) is 20.1. The molecule has 23 heavy (non-hydrogen) atoms. The molecule has 0 saturated carbocycles. The van der Waals surface area contributed by atoms with Gasteiger partial charge in [0.15, 0.2) is 5.76 Å². The molecule has 0 aliphatic heterocycles. The summed E-state index contributed by atoms with van der Waals surface area (Å²) < 4.78 is 5.98. The first-order chi connectivity index (χ1) is 11.3. The lowest BCUT2D eigenvalue weighted by atomic mass is 10.1. The SMILES string of the molecule is CSc1nc(-c2cc3c(ccc4ccccc43)o2)ccc1C#N. The number of hydrogen-bond acceptors (Lipinski definition) is 4. The van der Waals surface area contributed by atoms with Gasteiger partial charge in [-0.1, -0.05) is 30.3 Å². The van der Waals surface area contributed by atoms with Crippen LogP contribution in [0.5, 0.6) is 0 Å². The highest BCUT2D eigenvalue weighted by atomic mass is 32.2. The van der Waals surface area contributed by atoms with Gasteiger partial charge >= 0.3 is 0 Å². The van der Waals surface area contributed by atoms with E-state index in [0.29, 0.717) is 5.56 Å². The van der Waals surface area contributed by atoms with Crippen LogP contribution < -0.4 is 0 Å². The molecule has 0 amide bonds. The highest BCUT2D eigenvalue weighted by molar-refractivity contribution is 7.98. The summed E-state index contributed by atoms with van der Waals surface area (Å²) in [4.78, 5) is 4.55. The molecule has 2 aromatic heterocycles. The molecule has 0 fully saturated rings. The number of fused-ring (bicyclic) bond motifs is 3. The van der Waals surface area contributed by atoms with Crippen LogP contribution in [0.3, 0.4) is 0 Å². The molecule has 0 unspecified atom stereocenters. The third kappa shape index (κ3) is 2.26. The fourth-order valence-corrected chi connectivity index (χ4v) is 3.26. The van der Waals surface area contributed by atoms with E-state index in [2.05, 4.69) is 29.3 Å². The largest absolute Gasteiger partial charge is 0.454 e. The minimum Gasteiger partial charge on any atom is -0.454 e. The molecular formula is C19H12N2OS. The van der Waals surface area contributed by atoms with Gasteiger partial charge in [-0.05, 0) is 41.3 Å². The maximum absolute atomic E-state index is 9.12. The molecule has 0 aliphatic rings. The van der Waals surface area contributed by atoms with Gasteiger partial charge in [0, 0.05) is 5.39 Å².